The van der Waals surface area contributed by atoms with E-state index in [9.17, 15) is 4.79 Å². The van der Waals surface area contributed by atoms with Gasteiger partial charge in [0.15, 0.2) is 0 Å². The van der Waals surface area contributed by atoms with Crippen molar-refractivity contribution in [1.29, 1.82) is 0 Å². The number of nitrogens with zero attached hydrogens (tertiary/aromatic N) is 1. The van der Waals surface area contributed by atoms with E-state index in [4.69, 9.17) is 28.3 Å². The molecule has 0 spiro atoms. The van der Waals surface area contributed by atoms with Gasteiger partial charge in [-0.2, -0.15) is 0 Å². The number of pyridine rings is 1. The summed E-state index contributed by atoms with van der Waals surface area (Å²) in [4.78, 5) is 15.6. The SMILES string of the molecule is CC(C)(CO)CNC(=O)c1cc(Cl)ncc1Cl. The second-order valence-corrected chi connectivity index (χ2v) is 5.29. The van der Waals surface area contributed by atoms with Gasteiger partial charge in [0.2, 0.25) is 0 Å². The van der Waals surface area contributed by atoms with Crippen molar-refractivity contribution < 1.29 is 9.90 Å². The number of halogens is 2. The van der Waals surface area contributed by atoms with Crippen LogP contribution in [0.2, 0.25) is 10.2 Å². The minimum Gasteiger partial charge on any atom is -0.396 e. The molecule has 0 atom stereocenters. The fraction of sp³-hybridized carbons (Fsp3) is 0.455. The average molecular weight is 277 g/mol. The van der Waals surface area contributed by atoms with Gasteiger partial charge in [-0.3, -0.25) is 4.79 Å². The monoisotopic (exact) mass is 276 g/mol. The third-order valence-corrected chi connectivity index (χ3v) is 2.73. The summed E-state index contributed by atoms with van der Waals surface area (Å²) >= 11 is 11.5. The van der Waals surface area contributed by atoms with E-state index in [1.165, 1.54) is 12.3 Å². The van der Waals surface area contributed by atoms with E-state index in [0.29, 0.717) is 6.54 Å². The zero-order valence-corrected chi connectivity index (χ0v) is 11.1. The van der Waals surface area contributed by atoms with Gasteiger partial charge in [0, 0.05) is 24.8 Å². The number of aromatic nitrogens is 1. The van der Waals surface area contributed by atoms with Crippen LogP contribution >= 0.6 is 23.2 Å². The molecule has 2 N–H and O–H groups in total. The summed E-state index contributed by atoms with van der Waals surface area (Å²) in [5, 5.41) is 12.2. The number of aliphatic hydroxyl groups excluding tert-OH is 1. The van der Waals surface area contributed by atoms with E-state index in [-0.39, 0.29) is 33.7 Å². The molecule has 6 heteroatoms. The predicted molar refractivity (Wildman–Crippen MR) is 67.5 cm³/mol. The molecule has 0 aliphatic carbocycles. The maximum atomic E-state index is 11.8. The number of carbonyl (C=O) groups excluding carboxylic acids is 1. The lowest BCUT2D eigenvalue weighted by molar-refractivity contribution is 0.0911. The van der Waals surface area contributed by atoms with Crippen LogP contribution in [-0.2, 0) is 0 Å². The lowest BCUT2D eigenvalue weighted by Gasteiger charge is -2.21. The van der Waals surface area contributed by atoms with Gasteiger partial charge < -0.3 is 10.4 Å². The molecule has 1 amide bonds. The molecule has 1 rings (SSSR count). The van der Waals surface area contributed by atoms with Crippen LogP contribution in [0, 0.1) is 5.41 Å². The Bertz CT molecular complexity index is 422. The van der Waals surface area contributed by atoms with Crippen molar-refractivity contribution >= 4 is 29.1 Å². The van der Waals surface area contributed by atoms with Crippen molar-refractivity contribution in [2.75, 3.05) is 13.2 Å². The molecule has 0 aliphatic heterocycles. The first-order valence-electron chi connectivity index (χ1n) is 5.06. The lowest BCUT2D eigenvalue weighted by atomic mass is 9.95. The highest BCUT2D eigenvalue weighted by molar-refractivity contribution is 6.35. The summed E-state index contributed by atoms with van der Waals surface area (Å²) in [6, 6.07) is 1.41. The highest BCUT2D eigenvalue weighted by Crippen LogP contribution is 2.18. The number of aliphatic hydroxyl groups is 1. The predicted octanol–water partition coefficient (Wildman–Crippen LogP) is 2.14. The Hall–Kier alpha value is -0.840. The van der Waals surface area contributed by atoms with Crippen LogP contribution in [-0.4, -0.2) is 29.1 Å². The van der Waals surface area contributed by atoms with Crippen molar-refractivity contribution in [3.63, 3.8) is 0 Å². The van der Waals surface area contributed by atoms with Crippen LogP contribution in [0.25, 0.3) is 0 Å². The summed E-state index contributed by atoms with van der Waals surface area (Å²) in [6.07, 6.45) is 1.33. The number of nitrogens with one attached hydrogen (secondary N) is 1. The van der Waals surface area contributed by atoms with Gasteiger partial charge in [-0.05, 0) is 6.07 Å². The number of rotatable bonds is 4. The summed E-state index contributed by atoms with van der Waals surface area (Å²) in [6.45, 7) is 4.01. The smallest absolute Gasteiger partial charge is 0.252 e. The summed E-state index contributed by atoms with van der Waals surface area (Å²) in [5.41, 5.74) is -0.0979. The molecule has 0 fully saturated rings. The Morgan fingerprint density at radius 2 is 2.18 bits per heavy atom. The van der Waals surface area contributed by atoms with Gasteiger partial charge in [-0.25, -0.2) is 4.98 Å². The third kappa shape index (κ3) is 4.15. The highest BCUT2D eigenvalue weighted by atomic mass is 35.5. The lowest BCUT2D eigenvalue weighted by Crippen LogP contribution is -2.36. The molecule has 1 aromatic heterocycles. The molecule has 0 radical (unpaired) electrons. The molecular formula is C11H14Cl2N2O2. The molecule has 0 saturated heterocycles. The molecule has 4 nitrogen and oxygen atoms in total. The van der Waals surface area contributed by atoms with E-state index < -0.39 is 0 Å². The summed E-state index contributed by atoms with van der Waals surface area (Å²) < 4.78 is 0. The normalized spacial score (nSPS) is 11.4. The number of amides is 1. The van der Waals surface area contributed by atoms with E-state index in [1.54, 1.807) is 0 Å². The first-order chi connectivity index (χ1) is 7.85. The third-order valence-electron chi connectivity index (χ3n) is 2.22. The van der Waals surface area contributed by atoms with E-state index in [1.807, 2.05) is 13.8 Å². The zero-order chi connectivity index (χ0) is 13.1. The number of hydrogen-bond donors (Lipinski definition) is 2. The van der Waals surface area contributed by atoms with Crippen LogP contribution in [0.5, 0.6) is 0 Å². The van der Waals surface area contributed by atoms with Crippen molar-refractivity contribution in [3.8, 4) is 0 Å². The minimum absolute atomic E-state index is 0.0158. The Balaban J connectivity index is 2.74. The van der Waals surface area contributed by atoms with Crippen LogP contribution in [0.3, 0.4) is 0 Å². The Morgan fingerprint density at radius 3 is 2.76 bits per heavy atom. The summed E-state index contributed by atoms with van der Waals surface area (Å²) in [7, 11) is 0. The highest BCUT2D eigenvalue weighted by Gasteiger charge is 2.19. The molecule has 0 aromatic carbocycles. The largest absolute Gasteiger partial charge is 0.396 e. The number of hydrogen-bond acceptors (Lipinski definition) is 3. The molecular weight excluding hydrogens is 263 g/mol. The molecule has 0 saturated carbocycles. The molecule has 17 heavy (non-hydrogen) atoms. The standard InChI is InChI=1S/C11H14Cl2N2O2/c1-11(2,6-16)5-15-10(17)7-3-9(13)14-4-8(7)12/h3-4,16H,5-6H2,1-2H3,(H,15,17). The van der Waals surface area contributed by atoms with Gasteiger partial charge in [-0.15, -0.1) is 0 Å². The second-order valence-electron chi connectivity index (χ2n) is 4.49. The fourth-order valence-electron chi connectivity index (χ4n) is 1.06. The van der Waals surface area contributed by atoms with Gasteiger partial charge in [-0.1, -0.05) is 37.0 Å². The second kappa shape index (κ2) is 5.67. The van der Waals surface area contributed by atoms with Crippen molar-refractivity contribution in [1.82, 2.24) is 10.3 Å². The average Bonchev–Trinajstić information content (AvgIpc) is 2.29. The zero-order valence-electron chi connectivity index (χ0n) is 9.63. The van der Waals surface area contributed by atoms with Crippen molar-refractivity contribution in [2.45, 2.75) is 13.8 Å². The fourth-order valence-corrected chi connectivity index (χ4v) is 1.40. The molecule has 0 bridgehead atoms. The number of carbonyl (C=O) groups is 1. The first kappa shape index (κ1) is 14.2. The minimum atomic E-state index is -0.376. The molecule has 0 unspecified atom stereocenters. The van der Waals surface area contributed by atoms with Gasteiger partial charge >= 0.3 is 0 Å². The molecule has 94 valence electrons. The van der Waals surface area contributed by atoms with Gasteiger partial charge in [0.1, 0.15) is 5.15 Å². The quantitative estimate of drug-likeness (QED) is 0.829. The molecule has 0 aliphatic rings. The maximum absolute atomic E-state index is 11.8. The Kier molecular flexibility index (Phi) is 4.74. The topological polar surface area (TPSA) is 62.2 Å². The van der Waals surface area contributed by atoms with Crippen LogP contribution in [0.4, 0.5) is 0 Å². The van der Waals surface area contributed by atoms with Crippen LogP contribution < -0.4 is 5.32 Å². The first-order valence-corrected chi connectivity index (χ1v) is 5.81. The van der Waals surface area contributed by atoms with E-state index >= 15 is 0 Å². The van der Waals surface area contributed by atoms with E-state index in [0.717, 1.165) is 0 Å². The summed E-state index contributed by atoms with van der Waals surface area (Å²) in [5.74, 6) is -0.333. The van der Waals surface area contributed by atoms with E-state index in [2.05, 4.69) is 10.3 Å². The maximum Gasteiger partial charge on any atom is 0.252 e. The van der Waals surface area contributed by atoms with Crippen molar-refractivity contribution in [3.05, 3.63) is 28.0 Å². The Morgan fingerprint density at radius 1 is 1.53 bits per heavy atom. The Labute approximate surface area is 110 Å². The molecule has 1 aromatic rings. The molecule has 1 heterocycles. The van der Waals surface area contributed by atoms with Crippen molar-refractivity contribution in [2.24, 2.45) is 5.41 Å². The van der Waals surface area contributed by atoms with Gasteiger partial charge in [0.05, 0.1) is 10.6 Å². The van der Waals surface area contributed by atoms with Crippen LogP contribution in [0.1, 0.15) is 24.2 Å². The van der Waals surface area contributed by atoms with Crippen LogP contribution in [0.15, 0.2) is 12.3 Å². The van der Waals surface area contributed by atoms with Gasteiger partial charge in [0.25, 0.3) is 5.91 Å².